The molecule has 0 fully saturated rings. The van der Waals surface area contributed by atoms with E-state index in [0.717, 1.165) is 27.5 Å². The van der Waals surface area contributed by atoms with Gasteiger partial charge in [-0.25, -0.2) is 4.79 Å². The fourth-order valence-electron chi connectivity index (χ4n) is 2.80. The molecule has 0 saturated carbocycles. The summed E-state index contributed by atoms with van der Waals surface area (Å²) in [5, 5.41) is 11.7. The van der Waals surface area contributed by atoms with Crippen molar-refractivity contribution in [3.05, 3.63) is 77.4 Å². The van der Waals surface area contributed by atoms with Crippen molar-refractivity contribution in [1.29, 1.82) is 0 Å². The predicted molar refractivity (Wildman–Crippen MR) is 95.6 cm³/mol. The van der Waals surface area contributed by atoms with Crippen LogP contribution < -0.4 is 4.74 Å². The molecule has 24 heavy (non-hydrogen) atoms. The summed E-state index contributed by atoms with van der Waals surface area (Å²) in [4.78, 5) is 11.7. The molecule has 0 radical (unpaired) electrons. The maximum atomic E-state index is 11.7. The molecule has 0 aliphatic rings. The van der Waals surface area contributed by atoms with E-state index < -0.39 is 12.1 Å². The Kier molecular flexibility index (Phi) is 4.52. The Hall–Kier alpha value is -2.81. The molecular formula is C21H20O3. The molecule has 3 nitrogen and oxygen atoms in total. The van der Waals surface area contributed by atoms with Gasteiger partial charge in [-0.1, -0.05) is 48.5 Å². The lowest BCUT2D eigenvalue weighted by Crippen LogP contribution is -2.29. The van der Waals surface area contributed by atoms with Gasteiger partial charge in [0.2, 0.25) is 0 Å². The second-order valence-electron chi connectivity index (χ2n) is 6.03. The van der Waals surface area contributed by atoms with Gasteiger partial charge in [-0.3, -0.25) is 0 Å². The maximum absolute atomic E-state index is 11.7. The van der Waals surface area contributed by atoms with Gasteiger partial charge < -0.3 is 9.84 Å². The number of aliphatic carboxylic acids is 1. The van der Waals surface area contributed by atoms with Crippen LogP contribution in [0.15, 0.2) is 60.7 Å². The van der Waals surface area contributed by atoms with Gasteiger partial charge in [-0.15, -0.1) is 0 Å². The smallest absolute Gasteiger partial charge is 0.345 e. The van der Waals surface area contributed by atoms with Crippen molar-refractivity contribution in [3.63, 3.8) is 0 Å². The molecule has 1 atom stereocenters. The van der Waals surface area contributed by atoms with Crippen LogP contribution in [0.5, 0.6) is 5.75 Å². The Balaban J connectivity index is 1.88. The average Bonchev–Trinajstić information content (AvgIpc) is 2.57. The van der Waals surface area contributed by atoms with Gasteiger partial charge in [0.15, 0.2) is 6.10 Å². The summed E-state index contributed by atoms with van der Waals surface area (Å²) in [6, 6.07) is 19.6. The van der Waals surface area contributed by atoms with Crippen molar-refractivity contribution in [2.75, 3.05) is 0 Å². The minimum absolute atomic E-state index is 0.323. The third kappa shape index (κ3) is 3.40. The Bertz CT molecular complexity index is 878. The first-order valence-electron chi connectivity index (χ1n) is 7.98. The largest absolute Gasteiger partial charge is 0.478 e. The van der Waals surface area contributed by atoms with Crippen molar-refractivity contribution < 1.29 is 14.6 Å². The second kappa shape index (κ2) is 6.75. The van der Waals surface area contributed by atoms with Gasteiger partial charge in [0.1, 0.15) is 5.75 Å². The normalized spacial score (nSPS) is 12.1. The Morgan fingerprint density at radius 1 is 1.00 bits per heavy atom. The molecule has 122 valence electrons. The van der Waals surface area contributed by atoms with Crippen LogP contribution in [-0.4, -0.2) is 17.2 Å². The number of hydrogen-bond donors (Lipinski definition) is 1. The van der Waals surface area contributed by atoms with E-state index in [1.54, 1.807) is 0 Å². The van der Waals surface area contributed by atoms with Gasteiger partial charge >= 0.3 is 5.97 Å². The fourth-order valence-corrected chi connectivity index (χ4v) is 2.80. The van der Waals surface area contributed by atoms with E-state index in [0.29, 0.717) is 12.2 Å². The third-order valence-corrected chi connectivity index (χ3v) is 4.32. The summed E-state index contributed by atoms with van der Waals surface area (Å²) >= 11 is 0. The van der Waals surface area contributed by atoms with Crippen LogP contribution in [0.25, 0.3) is 10.8 Å². The van der Waals surface area contributed by atoms with Crippen LogP contribution in [-0.2, 0) is 11.2 Å². The van der Waals surface area contributed by atoms with Gasteiger partial charge in [-0.05, 0) is 53.4 Å². The van der Waals surface area contributed by atoms with Crippen LogP contribution in [0.4, 0.5) is 0 Å². The molecule has 3 heteroatoms. The third-order valence-electron chi connectivity index (χ3n) is 4.32. The molecule has 0 aliphatic heterocycles. The number of carboxylic acids is 1. The number of hydrogen-bond acceptors (Lipinski definition) is 2. The number of carbonyl (C=O) groups is 1. The van der Waals surface area contributed by atoms with E-state index in [1.807, 2.05) is 74.5 Å². The van der Waals surface area contributed by atoms with Crippen molar-refractivity contribution in [3.8, 4) is 5.75 Å². The quantitative estimate of drug-likeness (QED) is 0.751. The molecular weight excluding hydrogens is 300 g/mol. The number of aryl methyl sites for hydroxylation is 2. The van der Waals surface area contributed by atoms with E-state index >= 15 is 0 Å². The van der Waals surface area contributed by atoms with Crippen LogP contribution in [0.1, 0.15) is 16.7 Å². The molecule has 0 unspecified atom stereocenters. The maximum Gasteiger partial charge on any atom is 0.345 e. The zero-order chi connectivity index (χ0) is 17.1. The number of fused-ring (bicyclic) bond motifs is 1. The lowest BCUT2D eigenvalue weighted by molar-refractivity contribution is -0.145. The lowest BCUT2D eigenvalue weighted by atomic mass is 10.00. The zero-order valence-corrected chi connectivity index (χ0v) is 13.8. The molecule has 0 aliphatic carbocycles. The molecule has 3 aromatic carbocycles. The molecule has 3 aromatic rings. The van der Waals surface area contributed by atoms with Crippen molar-refractivity contribution in [1.82, 2.24) is 0 Å². The molecule has 1 N–H and O–H groups in total. The standard InChI is InChI=1S/C21H20O3/c1-14-10-11-18(12-15(14)2)24-20(21(22)23)13-17-8-5-7-16-6-3-4-9-19(16)17/h3-12,20H,13H2,1-2H3,(H,22,23)/t20-/m0/s1. The second-order valence-corrected chi connectivity index (χ2v) is 6.03. The number of rotatable bonds is 5. The minimum atomic E-state index is -0.957. The highest BCUT2D eigenvalue weighted by Gasteiger charge is 2.21. The Morgan fingerprint density at radius 2 is 1.75 bits per heavy atom. The molecule has 3 rings (SSSR count). The van der Waals surface area contributed by atoms with Crippen molar-refractivity contribution >= 4 is 16.7 Å². The number of ether oxygens (including phenoxy) is 1. The SMILES string of the molecule is Cc1ccc(O[C@@H](Cc2cccc3ccccc23)C(=O)O)cc1C. The van der Waals surface area contributed by atoms with Gasteiger partial charge in [0.25, 0.3) is 0 Å². The predicted octanol–water partition coefficient (Wildman–Crippen LogP) is 4.53. The summed E-state index contributed by atoms with van der Waals surface area (Å²) in [6.07, 6.45) is -0.596. The average molecular weight is 320 g/mol. The van der Waals surface area contributed by atoms with Gasteiger partial charge in [-0.2, -0.15) is 0 Å². The highest BCUT2D eigenvalue weighted by Crippen LogP contribution is 2.23. The molecule has 0 heterocycles. The van der Waals surface area contributed by atoms with Crippen molar-refractivity contribution in [2.24, 2.45) is 0 Å². The molecule has 0 aromatic heterocycles. The number of benzene rings is 3. The summed E-state index contributed by atoms with van der Waals surface area (Å²) in [6.45, 7) is 4.01. The van der Waals surface area contributed by atoms with E-state index in [2.05, 4.69) is 0 Å². The highest BCUT2D eigenvalue weighted by atomic mass is 16.5. The molecule has 0 amide bonds. The molecule has 0 spiro atoms. The lowest BCUT2D eigenvalue weighted by Gasteiger charge is -2.17. The topological polar surface area (TPSA) is 46.5 Å². The summed E-state index contributed by atoms with van der Waals surface area (Å²) in [7, 11) is 0. The highest BCUT2D eigenvalue weighted by molar-refractivity contribution is 5.86. The van der Waals surface area contributed by atoms with E-state index in [1.165, 1.54) is 0 Å². The summed E-state index contributed by atoms with van der Waals surface area (Å²) in [5.74, 6) is -0.369. The molecule has 0 bridgehead atoms. The Labute approximate surface area is 141 Å². The Morgan fingerprint density at radius 3 is 2.50 bits per heavy atom. The van der Waals surface area contributed by atoms with E-state index in [9.17, 15) is 9.90 Å². The minimum Gasteiger partial charge on any atom is -0.478 e. The molecule has 0 saturated heterocycles. The van der Waals surface area contributed by atoms with E-state index in [-0.39, 0.29) is 0 Å². The van der Waals surface area contributed by atoms with E-state index in [4.69, 9.17) is 4.74 Å². The zero-order valence-electron chi connectivity index (χ0n) is 13.8. The fraction of sp³-hybridized carbons (Fsp3) is 0.190. The van der Waals surface area contributed by atoms with Gasteiger partial charge in [0.05, 0.1) is 0 Å². The van der Waals surface area contributed by atoms with Crippen LogP contribution in [0.3, 0.4) is 0 Å². The number of carboxylic acid groups (broad SMARTS) is 1. The van der Waals surface area contributed by atoms with Crippen LogP contribution >= 0.6 is 0 Å². The van der Waals surface area contributed by atoms with Crippen LogP contribution in [0, 0.1) is 13.8 Å². The first kappa shape index (κ1) is 16.1. The first-order chi connectivity index (χ1) is 11.5. The first-order valence-corrected chi connectivity index (χ1v) is 7.98. The van der Waals surface area contributed by atoms with Crippen molar-refractivity contribution in [2.45, 2.75) is 26.4 Å². The monoisotopic (exact) mass is 320 g/mol. The summed E-state index contributed by atoms with van der Waals surface area (Å²) in [5.41, 5.74) is 3.22. The summed E-state index contributed by atoms with van der Waals surface area (Å²) < 4.78 is 5.77. The van der Waals surface area contributed by atoms with Crippen LogP contribution in [0.2, 0.25) is 0 Å². The van der Waals surface area contributed by atoms with Gasteiger partial charge in [0, 0.05) is 6.42 Å².